The minimum atomic E-state index is 0.0467. The minimum absolute atomic E-state index is 0.0467. The molecule has 0 aliphatic carbocycles. The maximum atomic E-state index is 5.41. The molecule has 2 aromatic rings. The molecule has 0 bridgehead atoms. The SMILES string of the molecule is COc1ccc([C@H]2[C@H](c3ccccn3)N=C3S[C@@H](C)CN32)cc1I. The Labute approximate surface area is 159 Å². The fraction of sp³-hybridized carbons (Fsp3) is 0.333. The van der Waals surface area contributed by atoms with Crippen molar-refractivity contribution in [2.24, 2.45) is 4.99 Å². The van der Waals surface area contributed by atoms with Crippen LogP contribution < -0.4 is 4.74 Å². The lowest BCUT2D eigenvalue weighted by Crippen LogP contribution is -2.28. The second-order valence-electron chi connectivity index (χ2n) is 6.03. The Bertz CT molecular complexity index is 783. The zero-order chi connectivity index (χ0) is 16.7. The first-order valence-electron chi connectivity index (χ1n) is 7.93. The van der Waals surface area contributed by atoms with Crippen LogP contribution in [0.25, 0.3) is 0 Å². The molecule has 1 fully saturated rings. The maximum absolute atomic E-state index is 5.41. The Balaban J connectivity index is 1.77. The van der Waals surface area contributed by atoms with Crippen molar-refractivity contribution in [2.45, 2.75) is 24.3 Å². The molecule has 2 aliphatic heterocycles. The summed E-state index contributed by atoms with van der Waals surface area (Å²) in [5.41, 5.74) is 2.30. The second-order valence-corrected chi connectivity index (χ2v) is 8.60. The van der Waals surface area contributed by atoms with Crippen LogP contribution >= 0.6 is 34.4 Å². The van der Waals surface area contributed by atoms with Gasteiger partial charge >= 0.3 is 0 Å². The van der Waals surface area contributed by atoms with Crippen LogP contribution in [0.15, 0.2) is 47.6 Å². The molecule has 3 atom stereocenters. The largest absolute Gasteiger partial charge is 0.496 e. The maximum Gasteiger partial charge on any atom is 0.160 e. The third kappa shape index (κ3) is 2.79. The Kier molecular flexibility index (Phi) is 4.42. The van der Waals surface area contributed by atoms with E-state index in [1.54, 1.807) is 7.11 Å². The lowest BCUT2D eigenvalue weighted by Gasteiger charge is -2.27. The monoisotopic (exact) mass is 451 g/mol. The van der Waals surface area contributed by atoms with Gasteiger partial charge in [0, 0.05) is 18.0 Å². The van der Waals surface area contributed by atoms with E-state index in [0.29, 0.717) is 5.25 Å². The predicted molar refractivity (Wildman–Crippen MR) is 107 cm³/mol. The van der Waals surface area contributed by atoms with Gasteiger partial charge in [0.25, 0.3) is 0 Å². The first-order chi connectivity index (χ1) is 11.7. The van der Waals surface area contributed by atoms with E-state index >= 15 is 0 Å². The van der Waals surface area contributed by atoms with E-state index in [1.165, 1.54) is 5.56 Å². The highest BCUT2D eigenvalue weighted by Crippen LogP contribution is 2.47. The lowest BCUT2D eigenvalue weighted by molar-refractivity contribution is 0.320. The zero-order valence-corrected chi connectivity index (χ0v) is 16.5. The van der Waals surface area contributed by atoms with Crippen LogP contribution in [0.4, 0.5) is 0 Å². The highest BCUT2D eigenvalue weighted by Gasteiger charge is 2.43. The first kappa shape index (κ1) is 16.2. The Hall–Kier alpha value is -1.28. The number of fused-ring (bicyclic) bond motifs is 1. The van der Waals surface area contributed by atoms with Crippen LogP contribution in [-0.2, 0) is 0 Å². The molecule has 0 unspecified atom stereocenters. The molecule has 24 heavy (non-hydrogen) atoms. The van der Waals surface area contributed by atoms with Gasteiger partial charge in [-0.15, -0.1) is 0 Å². The number of amidine groups is 1. The number of hydrogen-bond donors (Lipinski definition) is 0. The number of halogens is 1. The quantitative estimate of drug-likeness (QED) is 0.653. The standard InChI is InChI=1S/C18H18IN3OS/c1-11-10-22-17(12-6-7-15(23-2)13(19)9-12)16(21-18(22)24-11)14-5-3-4-8-20-14/h3-9,11,16-17H,10H2,1-2H3/t11-,16-,17-/m0/s1. The van der Waals surface area contributed by atoms with Crippen LogP contribution in [0, 0.1) is 3.57 Å². The highest BCUT2D eigenvalue weighted by atomic mass is 127. The van der Waals surface area contributed by atoms with E-state index in [0.717, 1.165) is 26.7 Å². The summed E-state index contributed by atoms with van der Waals surface area (Å²) in [7, 11) is 1.71. The summed E-state index contributed by atoms with van der Waals surface area (Å²) in [6.07, 6.45) is 1.85. The normalized spacial score (nSPS) is 25.5. The molecule has 4 rings (SSSR count). The number of aromatic nitrogens is 1. The predicted octanol–water partition coefficient (Wildman–Crippen LogP) is 4.28. The number of hydrogen-bond acceptors (Lipinski definition) is 5. The van der Waals surface area contributed by atoms with E-state index in [-0.39, 0.29) is 12.1 Å². The average Bonchev–Trinajstić information content (AvgIpc) is 3.11. The molecule has 0 saturated carbocycles. The summed E-state index contributed by atoms with van der Waals surface area (Å²) in [4.78, 5) is 12.0. The van der Waals surface area contributed by atoms with Gasteiger partial charge in [0.05, 0.1) is 22.4 Å². The van der Waals surface area contributed by atoms with Crippen molar-refractivity contribution in [1.82, 2.24) is 9.88 Å². The van der Waals surface area contributed by atoms with Crippen molar-refractivity contribution in [3.63, 3.8) is 0 Å². The second kappa shape index (κ2) is 6.55. The van der Waals surface area contributed by atoms with Gasteiger partial charge in [-0.1, -0.05) is 30.8 Å². The number of ether oxygens (including phenoxy) is 1. The molecule has 0 N–H and O–H groups in total. The number of thioether (sulfide) groups is 1. The van der Waals surface area contributed by atoms with E-state index in [1.807, 2.05) is 30.1 Å². The van der Waals surface area contributed by atoms with Gasteiger partial charge in [0.1, 0.15) is 11.8 Å². The minimum Gasteiger partial charge on any atom is -0.496 e. The summed E-state index contributed by atoms with van der Waals surface area (Å²) in [6.45, 7) is 3.29. The van der Waals surface area contributed by atoms with Gasteiger partial charge in [-0.3, -0.25) is 9.98 Å². The number of rotatable bonds is 3. The number of aliphatic imine (C=N–C) groups is 1. The molecule has 1 aromatic carbocycles. The third-order valence-electron chi connectivity index (χ3n) is 4.40. The summed E-state index contributed by atoms with van der Waals surface area (Å²) in [6, 6.07) is 12.7. The lowest BCUT2D eigenvalue weighted by atomic mass is 9.96. The van der Waals surface area contributed by atoms with E-state index in [2.05, 4.69) is 63.7 Å². The smallest absolute Gasteiger partial charge is 0.160 e. The number of pyridine rings is 1. The van der Waals surface area contributed by atoms with Crippen molar-refractivity contribution in [1.29, 1.82) is 0 Å². The van der Waals surface area contributed by atoms with E-state index in [9.17, 15) is 0 Å². The molecule has 6 heteroatoms. The average molecular weight is 451 g/mol. The van der Waals surface area contributed by atoms with E-state index in [4.69, 9.17) is 9.73 Å². The number of nitrogens with zero attached hydrogens (tertiary/aromatic N) is 3. The Morgan fingerprint density at radius 1 is 1.29 bits per heavy atom. The van der Waals surface area contributed by atoms with Gasteiger partial charge < -0.3 is 9.64 Å². The first-order valence-corrected chi connectivity index (χ1v) is 9.88. The zero-order valence-electron chi connectivity index (χ0n) is 13.5. The fourth-order valence-corrected chi connectivity index (χ4v) is 5.20. The van der Waals surface area contributed by atoms with Gasteiger partial charge in [0.2, 0.25) is 0 Å². The molecule has 2 aliphatic rings. The van der Waals surface area contributed by atoms with Crippen molar-refractivity contribution < 1.29 is 4.74 Å². The van der Waals surface area contributed by atoms with Gasteiger partial charge in [-0.2, -0.15) is 0 Å². The van der Waals surface area contributed by atoms with Gasteiger partial charge in [-0.05, 0) is 52.4 Å². The van der Waals surface area contributed by atoms with E-state index < -0.39 is 0 Å². The molecule has 0 radical (unpaired) electrons. The Morgan fingerprint density at radius 2 is 2.17 bits per heavy atom. The molecular weight excluding hydrogens is 433 g/mol. The molecule has 0 amide bonds. The van der Waals surface area contributed by atoms with Crippen LogP contribution in [-0.4, -0.2) is 34.0 Å². The van der Waals surface area contributed by atoms with Crippen LogP contribution in [0.3, 0.4) is 0 Å². The highest BCUT2D eigenvalue weighted by molar-refractivity contribution is 14.1. The molecule has 0 spiro atoms. The van der Waals surface area contributed by atoms with Crippen molar-refractivity contribution in [2.75, 3.05) is 13.7 Å². The summed E-state index contributed by atoms with van der Waals surface area (Å²) in [5, 5.41) is 1.72. The molecule has 3 heterocycles. The van der Waals surface area contributed by atoms with Crippen molar-refractivity contribution in [3.05, 3.63) is 57.4 Å². The summed E-state index contributed by atoms with van der Waals surface area (Å²) < 4.78 is 6.54. The Morgan fingerprint density at radius 3 is 2.88 bits per heavy atom. The van der Waals surface area contributed by atoms with Crippen LogP contribution in [0.5, 0.6) is 5.75 Å². The molecule has 1 saturated heterocycles. The van der Waals surface area contributed by atoms with Gasteiger partial charge in [-0.25, -0.2) is 0 Å². The third-order valence-corrected chi connectivity index (χ3v) is 6.34. The molecule has 1 aromatic heterocycles. The summed E-state index contributed by atoms with van der Waals surface area (Å²) in [5.74, 6) is 0.914. The summed E-state index contributed by atoms with van der Waals surface area (Å²) >= 11 is 4.20. The topological polar surface area (TPSA) is 37.7 Å². The molecular formula is C18H18IN3OS. The van der Waals surface area contributed by atoms with Crippen LogP contribution in [0.1, 0.15) is 30.3 Å². The van der Waals surface area contributed by atoms with Gasteiger partial charge in [0.15, 0.2) is 5.17 Å². The van der Waals surface area contributed by atoms with Crippen molar-refractivity contribution >= 4 is 39.5 Å². The fourth-order valence-electron chi connectivity index (χ4n) is 3.34. The number of methoxy groups -OCH3 is 1. The van der Waals surface area contributed by atoms with Crippen molar-refractivity contribution in [3.8, 4) is 5.75 Å². The molecule has 124 valence electrons. The molecule has 4 nitrogen and oxygen atoms in total. The number of benzene rings is 1. The van der Waals surface area contributed by atoms with Crippen LogP contribution in [0.2, 0.25) is 0 Å².